The van der Waals surface area contributed by atoms with Crippen molar-refractivity contribution in [2.24, 2.45) is 0 Å². The number of thiazole rings is 1. The average Bonchev–Trinajstić information content (AvgIpc) is 3.30. The maximum absolute atomic E-state index is 13.2. The van der Waals surface area contributed by atoms with Crippen LogP contribution in [0.4, 0.5) is 5.13 Å². The molecule has 0 N–H and O–H groups in total. The fourth-order valence-electron chi connectivity index (χ4n) is 3.33. The fraction of sp³-hybridized carbons (Fsp3) is 0.364. The number of benzene rings is 2. The molecule has 0 unspecified atom stereocenters. The van der Waals surface area contributed by atoms with Crippen LogP contribution >= 0.6 is 11.3 Å². The minimum absolute atomic E-state index is 0.0402. The van der Waals surface area contributed by atoms with Gasteiger partial charge < -0.3 is 14.4 Å². The van der Waals surface area contributed by atoms with Crippen LogP contribution in [0.1, 0.15) is 17.5 Å². The Morgan fingerprint density at radius 3 is 2.76 bits per heavy atom. The molecule has 3 aromatic rings. The number of carbonyl (C=O) groups excluding carboxylic acids is 1. The summed E-state index contributed by atoms with van der Waals surface area (Å²) < 4.78 is 11.9. The molecule has 1 amide bonds. The lowest BCUT2D eigenvalue weighted by Gasteiger charge is -2.21. The molecule has 0 fully saturated rings. The van der Waals surface area contributed by atoms with Gasteiger partial charge in [0.15, 0.2) is 16.6 Å². The summed E-state index contributed by atoms with van der Waals surface area (Å²) in [4.78, 5) is 21.9. The highest BCUT2D eigenvalue weighted by molar-refractivity contribution is 7.22. The Kier molecular flexibility index (Phi) is 5.69. The molecule has 2 aromatic carbocycles. The highest BCUT2D eigenvalue weighted by Crippen LogP contribution is 2.33. The topological polar surface area (TPSA) is 54.9 Å². The van der Waals surface area contributed by atoms with Crippen molar-refractivity contribution in [1.82, 2.24) is 9.88 Å². The molecule has 0 spiro atoms. The Labute approximate surface area is 174 Å². The smallest absolute Gasteiger partial charge is 0.233 e. The van der Waals surface area contributed by atoms with Crippen molar-refractivity contribution < 1.29 is 14.3 Å². The second kappa shape index (κ2) is 8.39. The number of carbonyl (C=O) groups is 1. The normalized spacial score (nSPS) is 12.7. The maximum atomic E-state index is 13.2. The molecule has 0 aliphatic carbocycles. The quantitative estimate of drug-likeness (QED) is 0.591. The zero-order chi connectivity index (χ0) is 20.4. The minimum atomic E-state index is 0.0402. The molecule has 0 bridgehead atoms. The van der Waals surface area contributed by atoms with E-state index in [-0.39, 0.29) is 12.7 Å². The number of hydrogen-bond donors (Lipinski definition) is 0. The summed E-state index contributed by atoms with van der Waals surface area (Å²) in [6.45, 7) is 3.85. The van der Waals surface area contributed by atoms with Crippen molar-refractivity contribution in [3.05, 3.63) is 47.5 Å². The lowest BCUT2D eigenvalue weighted by molar-refractivity contribution is -0.118. The number of aryl methyl sites for hydroxylation is 1. The monoisotopic (exact) mass is 411 g/mol. The van der Waals surface area contributed by atoms with Gasteiger partial charge in [0.2, 0.25) is 12.7 Å². The van der Waals surface area contributed by atoms with Crippen LogP contribution in [0.15, 0.2) is 36.4 Å². The first kappa shape index (κ1) is 19.7. The van der Waals surface area contributed by atoms with Gasteiger partial charge in [-0.05, 0) is 69.4 Å². The zero-order valence-corrected chi connectivity index (χ0v) is 17.8. The maximum Gasteiger partial charge on any atom is 0.233 e. The largest absolute Gasteiger partial charge is 0.454 e. The van der Waals surface area contributed by atoms with Gasteiger partial charge in [0.05, 0.1) is 16.6 Å². The first-order valence-corrected chi connectivity index (χ1v) is 10.5. The number of fused-ring (bicyclic) bond motifs is 2. The molecule has 7 heteroatoms. The van der Waals surface area contributed by atoms with Gasteiger partial charge in [-0.15, -0.1) is 0 Å². The number of ether oxygens (including phenoxy) is 2. The summed E-state index contributed by atoms with van der Waals surface area (Å²) in [5.41, 5.74) is 3.04. The first-order valence-electron chi connectivity index (χ1n) is 9.70. The molecule has 152 valence electrons. The Balaban J connectivity index is 1.57. The van der Waals surface area contributed by atoms with Gasteiger partial charge in [0.25, 0.3) is 0 Å². The molecule has 1 aromatic heterocycles. The van der Waals surface area contributed by atoms with E-state index in [1.165, 1.54) is 5.56 Å². The van der Waals surface area contributed by atoms with Gasteiger partial charge in [-0.2, -0.15) is 0 Å². The molecular weight excluding hydrogens is 386 g/mol. The van der Waals surface area contributed by atoms with Crippen molar-refractivity contribution >= 4 is 32.6 Å². The third-order valence-corrected chi connectivity index (χ3v) is 5.89. The first-order chi connectivity index (χ1) is 14.0. The molecule has 2 heterocycles. The Bertz CT molecular complexity index is 1030. The van der Waals surface area contributed by atoms with E-state index < -0.39 is 0 Å². The lowest BCUT2D eigenvalue weighted by atomic mass is 10.1. The number of amides is 1. The third-order valence-electron chi connectivity index (χ3n) is 4.84. The van der Waals surface area contributed by atoms with Crippen LogP contribution in [0.5, 0.6) is 11.5 Å². The molecule has 0 atom stereocenters. The Morgan fingerprint density at radius 1 is 1.10 bits per heavy atom. The summed E-state index contributed by atoms with van der Waals surface area (Å²) in [5, 5.41) is 0.759. The van der Waals surface area contributed by atoms with Crippen LogP contribution < -0.4 is 14.4 Å². The van der Waals surface area contributed by atoms with Gasteiger partial charge in [-0.1, -0.05) is 23.5 Å². The van der Waals surface area contributed by atoms with Crippen molar-refractivity contribution in [1.29, 1.82) is 0 Å². The van der Waals surface area contributed by atoms with Gasteiger partial charge in [-0.25, -0.2) is 4.98 Å². The van der Waals surface area contributed by atoms with E-state index in [4.69, 9.17) is 14.5 Å². The average molecular weight is 412 g/mol. The van der Waals surface area contributed by atoms with Gasteiger partial charge in [0.1, 0.15) is 0 Å². The molecule has 4 rings (SSSR count). The molecule has 0 saturated carbocycles. The van der Waals surface area contributed by atoms with E-state index in [2.05, 4.69) is 24.0 Å². The summed E-state index contributed by atoms with van der Waals surface area (Å²) in [7, 11) is 4.08. The van der Waals surface area contributed by atoms with Crippen molar-refractivity contribution in [2.75, 3.05) is 38.9 Å². The predicted molar refractivity (Wildman–Crippen MR) is 116 cm³/mol. The van der Waals surface area contributed by atoms with Crippen LogP contribution in [0.3, 0.4) is 0 Å². The number of hydrogen-bond acceptors (Lipinski definition) is 6. The van der Waals surface area contributed by atoms with E-state index in [1.807, 2.05) is 43.3 Å². The number of rotatable bonds is 7. The molecular formula is C22H25N3O3S. The van der Waals surface area contributed by atoms with Crippen LogP contribution in [0, 0.1) is 6.92 Å². The zero-order valence-electron chi connectivity index (χ0n) is 17.0. The number of aromatic nitrogens is 1. The van der Waals surface area contributed by atoms with Crippen molar-refractivity contribution in [2.45, 2.75) is 19.8 Å². The molecule has 1 aliphatic rings. The Hall–Kier alpha value is -2.64. The number of nitrogens with zero attached hydrogens (tertiary/aromatic N) is 3. The van der Waals surface area contributed by atoms with Crippen LogP contribution in [0.2, 0.25) is 0 Å². The highest BCUT2D eigenvalue weighted by atomic mass is 32.1. The van der Waals surface area contributed by atoms with E-state index in [9.17, 15) is 4.79 Å². The van der Waals surface area contributed by atoms with Crippen molar-refractivity contribution in [3.8, 4) is 11.5 Å². The van der Waals surface area contributed by atoms with Gasteiger partial charge >= 0.3 is 0 Å². The number of anilines is 1. The van der Waals surface area contributed by atoms with Gasteiger partial charge in [0, 0.05) is 6.54 Å². The molecule has 1 aliphatic heterocycles. The van der Waals surface area contributed by atoms with Crippen LogP contribution in [-0.4, -0.2) is 49.8 Å². The molecule has 6 nitrogen and oxygen atoms in total. The third kappa shape index (κ3) is 4.52. The SMILES string of the molecule is Cc1ccc2nc(N(CCCN(C)C)C(=O)Cc3ccc4c(c3)OCO4)sc2c1. The van der Waals surface area contributed by atoms with Crippen molar-refractivity contribution in [3.63, 3.8) is 0 Å². The summed E-state index contributed by atoms with van der Waals surface area (Å²) >= 11 is 1.57. The van der Waals surface area contributed by atoms with Gasteiger partial charge in [-0.3, -0.25) is 9.69 Å². The van der Waals surface area contributed by atoms with E-state index in [0.29, 0.717) is 18.7 Å². The molecule has 29 heavy (non-hydrogen) atoms. The molecule has 0 saturated heterocycles. The summed E-state index contributed by atoms with van der Waals surface area (Å²) in [6, 6.07) is 11.9. The van der Waals surface area contributed by atoms with Crippen LogP contribution in [-0.2, 0) is 11.2 Å². The minimum Gasteiger partial charge on any atom is -0.454 e. The van der Waals surface area contributed by atoms with E-state index in [0.717, 1.165) is 39.6 Å². The summed E-state index contributed by atoms with van der Waals surface area (Å²) in [5.74, 6) is 1.47. The Morgan fingerprint density at radius 2 is 1.93 bits per heavy atom. The van der Waals surface area contributed by atoms with Crippen LogP contribution in [0.25, 0.3) is 10.2 Å². The van der Waals surface area contributed by atoms with E-state index >= 15 is 0 Å². The lowest BCUT2D eigenvalue weighted by Crippen LogP contribution is -2.34. The standard InChI is InChI=1S/C22H25N3O3S/c1-15-5-7-17-20(11-15)29-22(23-17)25(10-4-9-24(2)3)21(26)13-16-6-8-18-19(12-16)28-14-27-18/h5-8,11-12H,4,9-10,13-14H2,1-3H3. The highest BCUT2D eigenvalue weighted by Gasteiger charge is 2.21. The van der Waals surface area contributed by atoms with E-state index in [1.54, 1.807) is 11.3 Å². The predicted octanol–water partition coefficient (Wildman–Crippen LogP) is 3.86. The fourth-order valence-corrected chi connectivity index (χ4v) is 4.44. The second-order valence-corrected chi connectivity index (χ2v) is 8.54. The molecule has 0 radical (unpaired) electrons. The summed E-state index contributed by atoms with van der Waals surface area (Å²) in [6.07, 6.45) is 1.18. The second-order valence-electron chi connectivity index (χ2n) is 7.53.